The van der Waals surface area contributed by atoms with Gasteiger partial charge in [0.15, 0.2) is 0 Å². The molecular formula is C14H25F3N2O2. The van der Waals surface area contributed by atoms with E-state index in [1.54, 1.807) is 0 Å². The standard InChI is InChI=1S/C14H25F3N2O2/c15-14(16,17)10-18-4-1-11(2-5-18)8-19-6-3-13(21)7-12(19)9-20/h11-13,20-21H,1-10H2. The molecule has 2 rings (SSSR count). The summed E-state index contributed by atoms with van der Waals surface area (Å²) in [4.78, 5) is 3.66. The maximum absolute atomic E-state index is 12.3. The van der Waals surface area contributed by atoms with Crippen LogP contribution in [-0.4, -0.2) is 77.7 Å². The second-order valence-corrected chi connectivity index (χ2v) is 6.34. The lowest BCUT2D eigenvalue weighted by Crippen LogP contribution is -2.49. The van der Waals surface area contributed by atoms with Gasteiger partial charge in [-0.05, 0) is 44.7 Å². The fourth-order valence-electron chi connectivity index (χ4n) is 3.42. The first-order chi connectivity index (χ1) is 9.87. The van der Waals surface area contributed by atoms with Gasteiger partial charge in [-0.25, -0.2) is 0 Å². The molecule has 124 valence electrons. The second-order valence-electron chi connectivity index (χ2n) is 6.34. The van der Waals surface area contributed by atoms with Crippen molar-refractivity contribution in [1.29, 1.82) is 0 Å². The molecule has 0 saturated carbocycles. The SMILES string of the molecule is OCC1CC(O)CCN1CC1CCN(CC(F)(F)F)CC1. The van der Waals surface area contributed by atoms with Gasteiger partial charge in [-0.1, -0.05) is 0 Å². The Labute approximate surface area is 123 Å². The molecule has 0 aromatic carbocycles. The van der Waals surface area contributed by atoms with E-state index in [0.717, 1.165) is 25.9 Å². The van der Waals surface area contributed by atoms with Crippen LogP contribution in [-0.2, 0) is 0 Å². The highest BCUT2D eigenvalue weighted by Gasteiger charge is 2.34. The predicted octanol–water partition coefficient (Wildman–Crippen LogP) is 1.08. The number of rotatable bonds is 4. The van der Waals surface area contributed by atoms with Crippen molar-refractivity contribution >= 4 is 0 Å². The zero-order chi connectivity index (χ0) is 15.5. The molecule has 2 heterocycles. The first-order valence-electron chi connectivity index (χ1n) is 7.69. The summed E-state index contributed by atoms with van der Waals surface area (Å²) in [5.74, 6) is 0.388. The van der Waals surface area contributed by atoms with E-state index in [1.165, 1.54) is 4.90 Å². The third kappa shape index (κ3) is 5.39. The smallest absolute Gasteiger partial charge is 0.395 e. The van der Waals surface area contributed by atoms with E-state index in [2.05, 4.69) is 4.90 Å². The molecule has 0 radical (unpaired) electrons. The number of piperidine rings is 2. The molecule has 2 atom stereocenters. The van der Waals surface area contributed by atoms with E-state index in [1.807, 2.05) is 0 Å². The van der Waals surface area contributed by atoms with Gasteiger partial charge in [0, 0.05) is 19.1 Å². The van der Waals surface area contributed by atoms with E-state index < -0.39 is 12.7 Å². The lowest BCUT2D eigenvalue weighted by atomic mass is 9.93. The van der Waals surface area contributed by atoms with Crippen molar-refractivity contribution in [2.45, 2.75) is 44.0 Å². The van der Waals surface area contributed by atoms with Crippen LogP contribution < -0.4 is 0 Å². The molecule has 2 fully saturated rings. The molecule has 2 N–H and O–H groups in total. The minimum absolute atomic E-state index is 0.0121. The molecule has 0 amide bonds. The molecule has 0 bridgehead atoms. The number of hydrogen-bond donors (Lipinski definition) is 2. The number of likely N-dealkylation sites (tertiary alicyclic amines) is 2. The van der Waals surface area contributed by atoms with Crippen molar-refractivity contribution in [2.24, 2.45) is 5.92 Å². The third-order valence-corrected chi connectivity index (χ3v) is 4.62. The Morgan fingerprint density at radius 1 is 1.05 bits per heavy atom. The van der Waals surface area contributed by atoms with E-state index in [0.29, 0.717) is 31.8 Å². The summed E-state index contributed by atoms with van der Waals surface area (Å²) in [5, 5.41) is 19.0. The van der Waals surface area contributed by atoms with Crippen molar-refractivity contribution in [2.75, 3.05) is 39.3 Å². The van der Waals surface area contributed by atoms with Crippen molar-refractivity contribution in [1.82, 2.24) is 9.80 Å². The minimum Gasteiger partial charge on any atom is -0.395 e. The summed E-state index contributed by atoms with van der Waals surface area (Å²) in [7, 11) is 0. The average molecular weight is 310 g/mol. The van der Waals surface area contributed by atoms with Gasteiger partial charge >= 0.3 is 6.18 Å². The van der Waals surface area contributed by atoms with Crippen LogP contribution in [0.3, 0.4) is 0 Å². The highest BCUT2D eigenvalue weighted by atomic mass is 19.4. The predicted molar refractivity (Wildman–Crippen MR) is 72.9 cm³/mol. The largest absolute Gasteiger partial charge is 0.401 e. The molecule has 0 spiro atoms. The van der Waals surface area contributed by atoms with Crippen LogP contribution in [0.4, 0.5) is 13.2 Å². The average Bonchev–Trinajstić information content (AvgIpc) is 2.41. The quantitative estimate of drug-likeness (QED) is 0.816. The molecule has 2 saturated heterocycles. The molecule has 0 aliphatic carbocycles. The molecular weight excluding hydrogens is 285 g/mol. The lowest BCUT2D eigenvalue weighted by Gasteiger charge is -2.41. The summed E-state index contributed by atoms with van der Waals surface area (Å²) in [6, 6.07) is -0.0121. The first kappa shape index (κ1) is 17.0. The van der Waals surface area contributed by atoms with Crippen LogP contribution >= 0.6 is 0 Å². The number of hydrogen-bond acceptors (Lipinski definition) is 4. The maximum atomic E-state index is 12.3. The van der Waals surface area contributed by atoms with Gasteiger partial charge in [0.2, 0.25) is 0 Å². The lowest BCUT2D eigenvalue weighted by molar-refractivity contribution is -0.148. The number of aliphatic hydroxyl groups is 2. The van der Waals surface area contributed by atoms with E-state index in [9.17, 15) is 23.4 Å². The number of aliphatic hydroxyl groups excluding tert-OH is 2. The normalized spacial score (nSPS) is 30.7. The molecule has 0 aromatic rings. The number of nitrogens with zero attached hydrogens (tertiary/aromatic N) is 2. The third-order valence-electron chi connectivity index (χ3n) is 4.62. The molecule has 2 unspecified atom stereocenters. The minimum atomic E-state index is -4.11. The Morgan fingerprint density at radius 3 is 2.29 bits per heavy atom. The van der Waals surface area contributed by atoms with Crippen molar-refractivity contribution in [3.05, 3.63) is 0 Å². The van der Waals surface area contributed by atoms with Gasteiger partial charge in [0.05, 0.1) is 19.3 Å². The maximum Gasteiger partial charge on any atom is 0.401 e. The van der Waals surface area contributed by atoms with Crippen LogP contribution in [0.15, 0.2) is 0 Å². The molecule has 2 aliphatic rings. The van der Waals surface area contributed by atoms with Gasteiger partial charge in [0.25, 0.3) is 0 Å². The zero-order valence-corrected chi connectivity index (χ0v) is 12.2. The summed E-state index contributed by atoms with van der Waals surface area (Å²) in [6.07, 6.45) is -1.61. The highest BCUT2D eigenvalue weighted by Crippen LogP contribution is 2.25. The second kappa shape index (κ2) is 7.26. The Kier molecular flexibility index (Phi) is 5.88. The van der Waals surface area contributed by atoms with Crippen molar-refractivity contribution in [3.8, 4) is 0 Å². The van der Waals surface area contributed by atoms with E-state index in [-0.39, 0.29) is 18.8 Å². The summed E-state index contributed by atoms with van der Waals surface area (Å²) < 4.78 is 37.0. The molecule has 7 heteroatoms. The molecule has 2 aliphatic heterocycles. The Hall–Kier alpha value is -0.370. The van der Waals surface area contributed by atoms with Crippen LogP contribution in [0, 0.1) is 5.92 Å². The van der Waals surface area contributed by atoms with Crippen molar-refractivity contribution in [3.63, 3.8) is 0 Å². The van der Waals surface area contributed by atoms with Gasteiger partial charge in [-0.2, -0.15) is 13.2 Å². The van der Waals surface area contributed by atoms with Crippen LogP contribution in [0.1, 0.15) is 25.7 Å². The van der Waals surface area contributed by atoms with Gasteiger partial charge in [-0.15, -0.1) is 0 Å². The van der Waals surface area contributed by atoms with Gasteiger partial charge < -0.3 is 10.2 Å². The topological polar surface area (TPSA) is 46.9 Å². The first-order valence-corrected chi connectivity index (χ1v) is 7.69. The monoisotopic (exact) mass is 310 g/mol. The van der Waals surface area contributed by atoms with Crippen LogP contribution in [0.5, 0.6) is 0 Å². The molecule has 4 nitrogen and oxygen atoms in total. The summed E-state index contributed by atoms with van der Waals surface area (Å²) in [6.45, 7) is 1.78. The number of alkyl halides is 3. The van der Waals surface area contributed by atoms with E-state index >= 15 is 0 Å². The van der Waals surface area contributed by atoms with Gasteiger partial charge in [-0.3, -0.25) is 9.80 Å². The van der Waals surface area contributed by atoms with E-state index in [4.69, 9.17) is 0 Å². The fourth-order valence-corrected chi connectivity index (χ4v) is 3.42. The summed E-state index contributed by atoms with van der Waals surface area (Å²) in [5.41, 5.74) is 0. The summed E-state index contributed by atoms with van der Waals surface area (Å²) >= 11 is 0. The molecule has 21 heavy (non-hydrogen) atoms. The molecule has 0 aromatic heterocycles. The Morgan fingerprint density at radius 2 is 1.71 bits per heavy atom. The van der Waals surface area contributed by atoms with Crippen LogP contribution in [0.2, 0.25) is 0 Å². The Bertz CT molecular complexity index is 320. The fraction of sp³-hybridized carbons (Fsp3) is 1.00. The van der Waals surface area contributed by atoms with Gasteiger partial charge in [0.1, 0.15) is 0 Å². The highest BCUT2D eigenvalue weighted by molar-refractivity contribution is 4.84. The van der Waals surface area contributed by atoms with Crippen LogP contribution in [0.25, 0.3) is 0 Å². The van der Waals surface area contributed by atoms with Crippen molar-refractivity contribution < 1.29 is 23.4 Å². The number of halogens is 3. The zero-order valence-electron chi connectivity index (χ0n) is 12.2. The Balaban J connectivity index is 1.75.